The van der Waals surface area contributed by atoms with Gasteiger partial charge in [-0.2, -0.15) is 0 Å². The highest BCUT2D eigenvalue weighted by atomic mass is 19.1. The maximum atomic E-state index is 14.2. The Morgan fingerprint density at radius 1 is 1.16 bits per heavy atom. The molecule has 31 heavy (non-hydrogen) atoms. The van der Waals surface area contributed by atoms with Gasteiger partial charge in [-0.1, -0.05) is 0 Å². The molecule has 9 heteroatoms. The van der Waals surface area contributed by atoms with Crippen LogP contribution in [-0.2, 0) is 4.74 Å². The third kappa shape index (κ3) is 3.76. The van der Waals surface area contributed by atoms with Gasteiger partial charge in [0.15, 0.2) is 11.5 Å². The van der Waals surface area contributed by atoms with Gasteiger partial charge >= 0.3 is 0 Å². The normalized spacial score (nSPS) is 16.0. The first-order valence-corrected chi connectivity index (χ1v) is 10.4. The molecule has 1 aromatic carbocycles. The molecule has 0 unspecified atom stereocenters. The van der Waals surface area contributed by atoms with Crippen LogP contribution >= 0.6 is 0 Å². The first-order valence-electron chi connectivity index (χ1n) is 10.4. The largest absolute Gasteiger partial charge is 0.381 e. The summed E-state index contributed by atoms with van der Waals surface area (Å²) in [6.07, 6.45) is 4.90. The van der Waals surface area contributed by atoms with Crippen molar-refractivity contribution >= 4 is 33.7 Å². The average molecular weight is 421 g/mol. The standard InChI is InChI=1S/C22H24FN7O/c1-12-17(23)4-3-14-9-16(20(30-18(12)14)29-15-5-7-31-8-6-15)13(2)28-22-19-21(25-10-24-19)26-11-27-22/h3-4,9-11,13,15H,5-8H2,1-2H3,(H,29,30)(H2,24,25,26,27,28)/t13-/m0/s1. The van der Waals surface area contributed by atoms with E-state index in [4.69, 9.17) is 9.72 Å². The molecular weight excluding hydrogens is 397 g/mol. The topological polar surface area (TPSA) is 101 Å². The van der Waals surface area contributed by atoms with E-state index in [1.807, 2.05) is 0 Å². The number of benzene rings is 1. The second-order valence-electron chi connectivity index (χ2n) is 7.89. The summed E-state index contributed by atoms with van der Waals surface area (Å²) in [5.41, 5.74) is 3.56. The Hall–Kier alpha value is -3.33. The molecule has 0 saturated carbocycles. The van der Waals surface area contributed by atoms with E-state index < -0.39 is 0 Å². The van der Waals surface area contributed by atoms with Gasteiger partial charge in [0, 0.05) is 35.8 Å². The lowest BCUT2D eigenvalue weighted by Crippen LogP contribution is -2.29. The predicted octanol–water partition coefficient (Wildman–Crippen LogP) is 4.11. The minimum absolute atomic E-state index is 0.119. The van der Waals surface area contributed by atoms with Crippen LogP contribution in [0.25, 0.3) is 22.1 Å². The van der Waals surface area contributed by atoms with Gasteiger partial charge in [-0.3, -0.25) is 0 Å². The van der Waals surface area contributed by atoms with Crippen molar-refractivity contribution in [3.63, 3.8) is 0 Å². The lowest BCUT2D eigenvalue weighted by molar-refractivity contribution is 0.0903. The molecule has 4 heterocycles. The summed E-state index contributed by atoms with van der Waals surface area (Å²) in [5, 5.41) is 7.93. The quantitative estimate of drug-likeness (QED) is 0.446. The number of aromatic nitrogens is 5. The highest BCUT2D eigenvalue weighted by Crippen LogP contribution is 2.32. The molecule has 0 bridgehead atoms. The number of rotatable bonds is 5. The smallest absolute Gasteiger partial charge is 0.182 e. The van der Waals surface area contributed by atoms with Crippen LogP contribution in [0.5, 0.6) is 0 Å². The van der Waals surface area contributed by atoms with E-state index in [0.717, 1.165) is 48.3 Å². The fourth-order valence-electron chi connectivity index (χ4n) is 4.01. The highest BCUT2D eigenvalue weighted by Gasteiger charge is 2.21. The van der Waals surface area contributed by atoms with Gasteiger partial charge in [0.05, 0.1) is 17.9 Å². The molecule has 0 amide bonds. The van der Waals surface area contributed by atoms with Crippen LogP contribution in [0.4, 0.5) is 16.0 Å². The van der Waals surface area contributed by atoms with Crippen molar-refractivity contribution in [2.75, 3.05) is 23.8 Å². The van der Waals surface area contributed by atoms with Gasteiger partial charge in [-0.15, -0.1) is 0 Å². The van der Waals surface area contributed by atoms with Crippen LogP contribution in [0.15, 0.2) is 30.9 Å². The number of H-pyrrole nitrogens is 1. The Bertz CT molecular complexity index is 1240. The van der Waals surface area contributed by atoms with Crippen molar-refractivity contribution in [1.29, 1.82) is 0 Å². The number of hydrogen-bond acceptors (Lipinski definition) is 7. The van der Waals surface area contributed by atoms with Gasteiger partial charge in [0.2, 0.25) is 0 Å². The second kappa shape index (κ2) is 8.07. The fourth-order valence-corrected chi connectivity index (χ4v) is 4.01. The minimum Gasteiger partial charge on any atom is -0.381 e. The van der Waals surface area contributed by atoms with Crippen LogP contribution < -0.4 is 10.6 Å². The zero-order valence-electron chi connectivity index (χ0n) is 17.4. The van der Waals surface area contributed by atoms with E-state index in [0.29, 0.717) is 22.5 Å². The molecule has 3 aromatic heterocycles. The summed E-state index contributed by atoms with van der Waals surface area (Å²) < 4.78 is 19.7. The van der Waals surface area contributed by atoms with Crippen molar-refractivity contribution in [2.45, 2.75) is 38.8 Å². The Kier molecular flexibility index (Phi) is 5.11. The lowest BCUT2D eigenvalue weighted by Gasteiger charge is -2.27. The number of imidazole rings is 1. The third-order valence-electron chi connectivity index (χ3n) is 5.81. The molecule has 5 rings (SSSR count). The van der Waals surface area contributed by atoms with Crippen molar-refractivity contribution in [1.82, 2.24) is 24.9 Å². The maximum absolute atomic E-state index is 14.2. The van der Waals surface area contributed by atoms with E-state index in [2.05, 4.69) is 43.6 Å². The summed E-state index contributed by atoms with van der Waals surface area (Å²) in [5.74, 6) is 1.17. The Morgan fingerprint density at radius 2 is 2.00 bits per heavy atom. The summed E-state index contributed by atoms with van der Waals surface area (Å²) in [6.45, 7) is 5.26. The van der Waals surface area contributed by atoms with Crippen LogP contribution in [0.2, 0.25) is 0 Å². The number of hydrogen-bond donors (Lipinski definition) is 3. The van der Waals surface area contributed by atoms with E-state index in [-0.39, 0.29) is 17.9 Å². The molecule has 1 atom stereocenters. The lowest BCUT2D eigenvalue weighted by atomic mass is 10.0. The number of pyridine rings is 1. The number of ether oxygens (including phenoxy) is 1. The predicted molar refractivity (Wildman–Crippen MR) is 118 cm³/mol. The summed E-state index contributed by atoms with van der Waals surface area (Å²) in [7, 11) is 0. The number of aromatic amines is 1. The number of fused-ring (bicyclic) bond motifs is 2. The summed E-state index contributed by atoms with van der Waals surface area (Å²) >= 11 is 0. The van der Waals surface area contributed by atoms with E-state index in [1.165, 1.54) is 12.4 Å². The number of aryl methyl sites for hydroxylation is 1. The van der Waals surface area contributed by atoms with Crippen LogP contribution in [0.1, 0.15) is 36.9 Å². The number of anilines is 2. The number of halogens is 1. The van der Waals surface area contributed by atoms with Crippen molar-refractivity contribution in [3.05, 3.63) is 47.8 Å². The molecule has 0 aliphatic carbocycles. The first-order chi connectivity index (χ1) is 15.1. The summed E-state index contributed by atoms with van der Waals surface area (Å²) in [6, 6.07) is 5.48. The van der Waals surface area contributed by atoms with Crippen LogP contribution in [0, 0.1) is 12.7 Å². The van der Waals surface area contributed by atoms with Gasteiger partial charge in [0.25, 0.3) is 0 Å². The molecule has 1 saturated heterocycles. The zero-order valence-corrected chi connectivity index (χ0v) is 17.4. The zero-order chi connectivity index (χ0) is 21.4. The van der Waals surface area contributed by atoms with Crippen LogP contribution in [0.3, 0.4) is 0 Å². The van der Waals surface area contributed by atoms with Crippen LogP contribution in [-0.4, -0.2) is 44.2 Å². The maximum Gasteiger partial charge on any atom is 0.182 e. The molecule has 1 aliphatic heterocycles. The molecular formula is C22H24FN7O. The van der Waals surface area contributed by atoms with Gasteiger partial charge in [0.1, 0.15) is 23.5 Å². The van der Waals surface area contributed by atoms with Crippen molar-refractivity contribution in [3.8, 4) is 0 Å². The summed E-state index contributed by atoms with van der Waals surface area (Å²) in [4.78, 5) is 20.7. The molecule has 4 aromatic rings. The SMILES string of the molecule is Cc1c(F)ccc2cc([C@H](C)Nc3ncnc4nc[nH]c34)c(NC3CCOCC3)nc12. The van der Waals surface area contributed by atoms with Crippen molar-refractivity contribution in [2.24, 2.45) is 0 Å². The monoisotopic (exact) mass is 421 g/mol. The van der Waals surface area contributed by atoms with Gasteiger partial charge < -0.3 is 20.4 Å². The minimum atomic E-state index is -0.251. The van der Waals surface area contributed by atoms with E-state index in [1.54, 1.807) is 19.3 Å². The number of nitrogens with one attached hydrogen (secondary N) is 3. The molecule has 0 spiro atoms. The van der Waals surface area contributed by atoms with E-state index >= 15 is 0 Å². The molecule has 1 fully saturated rings. The average Bonchev–Trinajstić information content (AvgIpc) is 3.27. The Labute approximate surface area is 178 Å². The highest BCUT2D eigenvalue weighted by molar-refractivity contribution is 5.86. The first kappa shape index (κ1) is 19.6. The van der Waals surface area contributed by atoms with Gasteiger partial charge in [-0.25, -0.2) is 24.3 Å². The second-order valence-corrected chi connectivity index (χ2v) is 7.89. The number of nitrogens with zero attached hydrogens (tertiary/aromatic N) is 4. The molecule has 160 valence electrons. The third-order valence-corrected chi connectivity index (χ3v) is 5.81. The van der Waals surface area contributed by atoms with Gasteiger partial charge in [-0.05, 0) is 44.9 Å². The Balaban J connectivity index is 1.55. The molecule has 3 N–H and O–H groups in total. The molecule has 1 aliphatic rings. The van der Waals surface area contributed by atoms with E-state index in [9.17, 15) is 4.39 Å². The fraction of sp³-hybridized carbons (Fsp3) is 0.364. The molecule has 8 nitrogen and oxygen atoms in total. The molecule has 0 radical (unpaired) electrons. The van der Waals surface area contributed by atoms with Crippen molar-refractivity contribution < 1.29 is 9.13 Å². The Morgan fingerprint density at radius 3 is 2.84 bits per heavy atom.